The van der Waals surface area contributed by atoms with Crippen LogP contribution in [0.2, 0.25) is 0 Å². The molecule has 0 fully saturated rings. The van der Waals surface area contributed by atoms with Gasteiger partial charge < -0.3 is 9.80 Å². The summed E-state index contributed by atoms with van der Waals surface area (Å²) in [4.78, 5) is 16.9. The molecule has 0 spiro atoms. The fourth-order valence-electron chi connectivity index (χ4n) is 2.91. The van der Waals surface area contributed by atoms with Crippen LogP contribution >= 0.6 is 0 Å². The number of rotatable bonds is 5. The minimum atomic E-state index is 0.0819. The lowest BCUT2D eigenvalue weighted by molar-refractivity contribution is 0.103. The molecule has 0 saturated heterocycles. The molecule has 0 atom stereocenters. The summed E-state index contributed by atoms with van der Waals surface area (Å²) in [5, 5.41) is 0. The van der Waals surface area contributed by atoms with Crippen molar-refractivity contribution in [2.24, 2.45) is 0 Å². The number of benzene rings is 2. The first-order valence-corrected chi connectivity index (χ1v) is 7.98. The second-order valence-electron chi connectivity index (χ2n) is 6.32. The normalized spacial score (nSPS) is 10.5. The molecule has 0 aromatic heterocycles. The molecular formula is C20H26N2O. The summed E-state index contributed by atoms with van der Waals surface area (Å²) < 4.78 is 0. The molecule has 3 nitrogen and oxygen atoms in total. The number of anilines is 2. The van der Waals surface area contributed by atoms with Gasteiger partial charge in [0.05, 0.1) is 0 Å². The van der Waals surface area contributed by atoms with Crippen molar-refractivity contribution in [1.29, 1.82) is 0 Å². The highest BCUT2D eigenvalue weighted by Gasteiger charge is 2.13. The van der Waals surface area contributed by atoms with Crippen molar-refractivity contribution in [2.75, 3.05) is 38.0 Å². The van der Waals surface area contributed by atoms with Gasteiger partial charge >= 0.3 is 0 Å². The van der Waals surface area contributed by atoms with Crippen molar-refractivity contribution >= 4 is 17.2 Å². The van der Waals surface area contributed by atoms with Gasteiger partial charge in [0.15, 0.2) is 5.78 Å². The lowest BCUT2D eigenvalue weighted by Gasteiger charge is -2.18. The standard InChI is InChI=1S/C20H26N2O/c1-7-15-13-17(9-11-19(15)22(5)6)20(23)16-8-10-18(21(3)4)14(2)12-16/h8-13H,7H2,1-6H3. The van der Waals surface area contributed by atoms with Gasteiger partial charge in [-0.05, 0) is 60.9 Å². The molecule has 2 rings (SSSR count). The van der Waals surface area contributed by atoms with Crippen molar-refractivity contribution in [1.82, 2.24) is 0 Å². The van der Waals surface area contributed by atoms with Gasteiger partial charge in [-0.1, -0.05) is 6.92 Å². The maximum absolute atomic E-state index is 12.8. The Hall–Kier alpha value is -2.29. The van der Waals surface area contributed by atoms with Crippen LogP contribution in [0.4, 0.5) is 11.4 Å². The SMILES string of the molecule is CCc1cc(C(=O)c2ccc(N(C)C)c(C)c2)ccc1N(C)C. The van der Waals surface area contributed by atoms with Crippen LogP contribution in [0.3, 0.4) is 0 Å². The van der Waals surface area contributed by atoms with Crippen LogP contribution in [0, 0.1) is 6.92 Å². The van der Waals surface area contributed by atoms with E-state index in [4.69, 9.17) is 0 Å². The Labute approximate surface area is 139 Å². The number of hydrogen-bond donors (Lipinski definition) is 0. The monoisotopic (exact) mass is 310 g/mol. The number of hydrogen-bond acceptors (Lipinski definition) is 3. The minimum Gasteiger partial charge on any atom is -0.377 e. The maximum atomic E-state index is 12.8. The number of carbonyl (C=O) groups excluding carboxylic acids is 1. The average Bonchev–Trinajstić information content (AvgIpc) is 2.52. The quantitative estimate of drug-likeness (QED) is 0.782. The van der Waals surface area contributed by atoms with E-state index >= 15 is 0 Å². The second-order valence-corrected chi connectivity index (χ2v) is 6.32. The van der Waals surface area contributed by atoms with Crippen molar-refractivity contribution in [3.8, 4) is 0 Å². The van der Waals surface area contributed by atoms with Crippen LogP contribution in [0.5, 0.6) is 0 Å². The molecule has 0 N–H and O–H groups in total. The Bertz CT molecular complexity index is 718. The van der Waals surface area contributed by atoms with Crippen molar-refractivity contribution in [3.05, 3.63) is 58.7 Å². The summed E-state index contributed by atoms with van der Waals surface area (Å²) in [5.41, 5.74) is 6.11. The minimum absolute atomic E-state index is 0.0819. The second kappa shape index (κ2) is 6.86. The van der Waals surface area contributed by atoms with Crippen LogP contribution < -0.4 is 9.80 Å². The van der Waals surface area contributed by atoms with Crippen LogP contribution in [0.15, 0.2) is 36.4 Å². The molecule has 0 bridgehead atoms. The lowest BCUT2D eigenvalue weighted by Crippen LogP contribution is -2.13. The highest BCUT2D eigenvalue weighted by molar-refractivity contribution is 6.09. The van der Waals surface area contributed by atoms with Crippen molar-refractivity contribution < 1.29 is 4.79 Å². The van der Waals surface area contributed by atoms with Crippen molar-refractivity contribution in [3.63, 3.8) is 0 Å². The Morgan fingerprint density at radius 3 is 1.87 bits per heavy atom. The van der Waals surface area contributed by atoms with Crippen LogP contribution in [0.1, 0.15) is 34.0 Å². The van der Waals surface area contributed by atoms with Gasteiger partial charge in [0, 0.05) is 50.7 Å². The smallest absolute Gasteiger partial charge is 0.193 e. The van der Waals surface area contributed by atoms with Gasteiger partial charge in [0.1, 0.15) is 0 Å². The van der Waals surface area contributed by atoms with E-state index in [-0.39, 0.29) is 5.78 Å². The van der Waals surface area contributed by atoms with Gasteiger partial charge in [0.25, 0.3) is 0 Å². The Kier molecular flexibility index (Phi) is 5.09. The molecule has 122 valence electrons. The molecule has 23 heavy (non-hydrogen) atoms. The third-order valence-electron chi connectivity index (χ3n) is 4.15. The highest BCUT2D eigenvalue weighted by Crippen LogP contribution is 2.24. The van der Waals surface area contributed by atoms with E-state index in [1.54, 1.807) is 0 Å². The molecule has 0 aliphatic carbocycles. The zero-order chi connectivity index (χ0) is 17.1. The molecule has 0 saturated carbocycles. The van der Waals surface area contributed by atoms with Crippen LogP contribution in [-0.2, 0) is 6.42 Å². The Morgan fingerprint density at radius 2 is 1.39 bits per heavy atom. The van der Waals surface area contributed by atoms with Gasteiger partial charge in [-0.2, -0.15) is 0 Å². The van der Waals surface area contributed by atoms with E-state index in [0.29, 0.717) is 0 Å². The first-order valence-electron chi connectivity index (χ1n) is 7.98. The van der Waals surface area contributed by atoms with Gasteiger partial charge in [-0.25, -0.2) is 0 Å². The van der Waals surface area contributed by atoms with E-state index < -0.39 is 0 Å². The topological polar surface area (TPSA) is 23.6 Å². The summed E-state index contributed by atoms with van der Waals surface area (Å²) in [6, 6.07) is 11.9. The summed E-state index contributed by atoms with van der Waals surface area (Å²) >= 11 is 0. The van der Waals surface area contributed by atoms with E-state index in [2.05, 4.69) is 16.7 Å². The molecule has 0 heterocycles. The molecule has 0 aliphatic rings. The van der Waals surface area contributed by atoms with E-state index in [1.807, 2.05) is 71.5 Å². The molecule has 0 unspecified atom stereocenters. The molecule has 2 aromatic rings. The fraction of sp³-hybridized carbons (Fsp3) is 0.350. The molecule has 0 aliphatic heterocycles. The number of ketones is 1. The summed E-state index contributed by atoms with van der Waals surface area (Å²) in [7, 11) is 8.08. The molecule has 2 aromatic carbocycles. The average molecular weight is 310 g/mol. The largest absolute Gasteiger partial charge is 0.377 e. The first-order chi connectivity index (χ1) is 10.8. The Morgan fingerprint density at radius 1 is 0.870 bits per heavy atom. The zero-order valence-corrected chi connectivity index (χ0v) is 15.0. The predicted octanol–water partition coefficient (Wildman–Crippen LogP) is 3.92. The van der Waals surface area contributed by atoms with Gasteiger partial charge in [-0.15, -0.1) is 0 Å². The summed E-state index contributed by atoms with van der Waals surface area (Å²) in [6.45, 7) is 4.16. The van der Waals surface area contributed by atoms with E-state index in [9.17, 15) is 4.79 Å². The highest BCUT2D eigenvalue weighted by atomic mass is 16.1. The number of aryl methyl sites for hydroxylation is 2. The van der Waals surface area contributed by atoms with Crippen LogP contribution in [-0.4, -0.2) is 34.0 Å². The van der Waals surface area contributed by atoms with Crippen molar-refractivity contribution in [2.45, 2.75) is 20.3 Å². The molecule has 0 radical (unpaired) electrons. The zero-order valence-electron chi connectivity index (χ0n) is 15.0. The van der Waals surface area contributed by atoms with Gasteiger partial charge in [0.2, 0.25) is 0 Å². The number of nitrogens with zero attached hydrogens (tertiary/aromatic N) is 2. The molecular weight excluding hydrogens is 284 g/mol. The van der Waals surface area contributed by atoms with E-state index in [1.165, 1.54) is 11.3 Å². The fourth-order valence-corrected chi connectivity index (χ4v) is 2.91. The maximum Gasteiger partial charge on any atom is 0.193 e. The number of carbonyl (C=O) groups is 1. The Balaban J connectivity index is 2.39. The molecule has 3 heteroatoms. The van der Waals surface area contributed by atoms with E-state index in [0.717, 1.165) is 28.8 Å². The first kappa shape index (κ1) is 17.1. The summed E-state index contributed by atoms with van der Waals surface area (Å²) in [6.07, 6.45) is 0.910. The van der Waals surface area contributed by atoms with Crippen LogP contribution in [0.25, 0.3) is 0 Å². The lowest BCUT2D eigenvalue weighted by atomic mass is 9.97. The summed E-state index contributed by atoms with van der Waals surface area (Å²) in [5.74, 6) is 0.0819. The van der Waals surface area contributed by atoms with Gasteiger partial charge in [-0.3, -0.25) is 4.79 Å². The third kappa shape index (κ3) is 3.55. The molecule has 0 amide bonds. The predicted molar refractivity (Wildman–Crippen MR) is 99.1 cm³/mol. The third-order valence-corrected chi connectivity index (χ3v) is 4.15.